The Balaban J connectivity index is 2.19. The fourth-order valence-electron chi connectivity index (χ4n) is 2.11. The second kappa shape index (κ2) is 4.28. The highest BCUT2D eigenvalue weighted by Gasteiger charge is 2.45. The molecule has 15 heavy (non-hydrogen) atoms. The Bertz CT molecular complexity index is 317. The van der Waals surface area contributed by atoms with Gasteiger partial charge in [-0.1, -0.05) is 30.3 Å². The number of rotatable bonds is 2. The maximum absolute atomic E-state index is 9.82. The van der Waals surface area contributed by atoms with Crippen LogP contribution in [0.1, 0.15) is 11.6 Å². The summed E-state index contributed by atoms with van der Waals surface area (Å²) in [6.07, 6.45) is -1.68. The standard InChI is InChI=1S/C11H15NO3/c13-6-8-10(14)11(15)9(12-8)7-4-2-1-3-5-7/h1-5,8-15H,6H2/p+1/t8-,9+,10+,11+/m0/s1. The lowest BCUT2D eigenvalue weighted by Gasteiger charge is -2.12. The van der Waals surface area contributed by atoms with Gasteiger partial charge in [0.1, 0.15) is 24.3 Å². The molecule has 82 valence electrons. The highest BCUT2D eigenvalue weighted by Crippen LogP contribution is 2.20. The fraction of sp³-hybridized carbons (Fsp3) is 0.455. The van der Waals surface area contributed by atoms with Gasteiger partial charge in [-0.2, -0.15) is 0 Å². The van der Waals surface area contributed by atoms with Crippen molar-refractivity contribution in [2.24, 2.45) is 0 Å². The van der Waals surface area contributed by atoms with Crippen molar-refractivity contribution in [3.63, 3.8) is 0 Å². The van der Waals surface area contributed by atoms with Gasteiger partial charge in [0.15, 0.2) is 0 Å². The molecule has 0 bridgehead atoms. The maximum atomic E-state index is 9.82. The van der Waals surface area contributed by atoms with E-state index in [1.807, 2.05) is 35.6 Å². The molecule has 5 N–H and O–H groups in total. The quantitative estimate of drug-likeness (QED) is 0.474. The van der Waals surface area contributed by atoms with E-state index >= 15 is 0 Å². The number of aliphatic hydroxyl groups excluding tert-OH is 3. The number of benzene rings is 1. The summed E-state index contributed by atoms with van der Waals surface area (Å²) in [7, 11) is 0. The number of quaternary nitrogens is 1. The van der Waals surface area contributed by atoms with Crippen LogP contribution in [0.4, 0.5) is 0 Å². The Kier molecular flexibility index (Phi) is 3.02. The summed E-state index contributed by atoms with van der Waals surface area (Å²) in [6, 6.07) is 9.02. The van der Waals surface area contributed by atoms with Crippen molar-refractivity contribution in [1.29, 1.82) is 0 Å². The molecule has 4 heteroatoms. The van der Waals surface area contributed by atoms with Crippen LogP contribution in [-0.2, 0) is 0 Å². The van der Waals surface area contributed by atoms with Gasteiger partial charge in [-0.3, -0.25) is 0 Å². The summed E-state index contributed by atoms with van der Waals surface area (Å²) in [6.45, 7) is -0.123. The van der Waals surface area contributed by atoms with E-state index in [4.69, 9.17) is 5.11 Å². The first-order valence-electron chi connectivity index (χ1n) is 5.11. The van der Waals surface area contributed by atoms with Crippen molar-refractivity contribution >= 4 is 0 Å². The number of hydrogen-bond donors (Lipinski definition) is 4. The molecule has 4 atom stereocenters. The third-order valence-electron chi connectivity index (χ3n) is 3.01. The summed E-state index contributed by atoms with van der Waals surface area (Å²) < 4.78 is 0. The van der Waals surface area contributed by atoms with Crippen molar-refractivity contribution in [1.82, 2.24) is 0 Å². The molecule has 0 saturated carbocycles. The van der Waals surface area contributed by atoms with Gasteiger partial charge in [0.2, 0.25) is 0 Å². The van der Waals surface area contributed by atoms with E-state index in [0.717, 1.165) is 5.56 Å². The lowest BCUT2D eigenvalue weighted by molar-refractivity contribution is -0.714. The van der Waals surface area contributed by atoms with Crippen molar-refractivity contribution < 1.29 is 20.6 Å². The molecule has 1 aliphatic heterocycles. The van der Waals surface area contributed by atoms with Crippen LogP contribution in [-0.4, -0.2) is 40.2 Å². The first-order chi connectivity index (χ1) is 7.24. The van der Waals surface area contributed by atoms with Gasteiger partial charge >= 0.3 is 0 Å². The van der Waals surface area contributed by atoms with Gasteiger partial charge in [-0.25, -0.2) is 0 Å². The maximum Gasteiger partial charge on any atom is 0.142 e. The Morgan fingerprint density at radius 2 is 1.73 bits per heavy atom. The van der Waals surface area contributed by atoms with E-state index in [1.165, 1.54) is 0 Å². The van der Waals surface area contributed by atoms with Gasteiger partial charge in [-0.05, 0) is 0 Å². The summed E-state index contributed by atoms with van der Waals surface area (Å²) in [5, 5.41) is 30.3. The molecule has 1 aliphatic rings. The molecule has 1 saturated heterocycles. The van der Waals surface area contributed by atoms with Gasteiger partial charge in [0.05, 0.1) is 6.61 Å². The fourth-order valence-corrected chi connectivity index (χ4v) is 2.11. The number of nitrogens with two attached hydrogens (primary N) is 1. The zero-order chi connectivity index (χ0) is 10.8. The molecule has 0 aliphatic carbocycles. The Hall–Kier alpha value is -0.940. The monoisotopic (exact) mass is 210 g/mol. The Morgan fingerprint density at radius 1 is 1.07 bits per heavy atom. The summed E-state index contributed by atoms with van der Waals surface area (Å²) in [5.41, 5.74) is 0.972. The first kappa shape index (κ1) is 10.6. The van der Waals surface area contributed by atoms with Crippen molar-refractivity contribution in [2.75, 3.05) is 6.61 Å². The molecule has 1 aromatic rings. The molecular weight excluding hydrogens is 194 g/mol. The molecule has 1 heterocycles. The average molecular weight is 210 g/mol. The van der Waals surface area contributed by atoms with Crippen molar-refractivity contribution in [2.45, 2.75) is 24.3 Å². The third kappa shape index (κ3) is 1.89. The summed E-state index contributed by atoms with van der Waals surface area (Å²) >= 11 is 0. The van der Waals surface area contributed by atoms with Crippen LogP contribution in [0.2, 0.25) is 0 Å². The molecule has 2 rings (SSSR count). The molecule has 1 fully saturated rings. The zero-order valence-corrected chi connectivity index (χ0v) is 8.32. The molecule has 0 aromatic heterocycles. The largest absolute Gasteiger partial charge is 0.390 e. The summed E-state index contributed by atoms with van der Waals surface area (Å²) in [5.74, 6) is 0. The molecule has 0 radical (unpaired) electrons. The van der Waals surface area contributed by atoms with E-state index < -0.39 is 12.2 Å². The normalized spacial score (nSPS) is 35.7. The molecule has 0 spiro atoms. The highest BCUT2D eigenvalue weighted by molar-refractivity contribution is 5.19. The minimum absolute atomic E-state index is 0.123. The topological polar surface area (TPSA) is 77.3 Å². The molecule has 4 nitrogen and oxygen atoms in total. The second-order valence-corrected chi connectivity index (χ2v) is 3.96. The Morgan fingerprint density at radius 3 is 2.27 bits per heavy atom. The molecule has 0 unspecified atom stereocenters. The molecule has 1 aromatic carbocycles. The van der Waals surface area contributed by atoms with E-state index in [1.54, 1.807) is 0 Å². The van der Waals surface area contributed by atoms with E-state index in [2.05, 4.69) is 0 Å². The third-order valence-corrected chi connectivity index (χ3v) is 3.01. The van der Waals surface area contributed by atoms with Crippen LogP contribution in [0.15, 0.2) is 30.3 Å². The van der Waals surface area contributed by atoms with Gasteiger partial charge in [0, 0.05) is 5.56 Å². The van der Waals surface area contributed by atoms with Crippen LogP contribution < -0.4 is 5.32 Å². The molecular formula is C11H16NO3+. The Labute approximate surface area is 88.2 Å². The molecule has 0 amide bonds. The van der Waals surface area contributed by atoms with Gasteiger partial charge in [-0.15, -0.1) is 0 Å². The van der Waals surface area contributed by atoms with Crippen LogP contribution in [0.25, 0.3) is 0 Å². The van der Waals surface area contributed by atoms with Gasteiger partial charge < -0.3 is 20.6 Å². The van der Waals surface area contributed by atoms with Crippen molar-refractivity contribution in [3.8, 4) is 0 Å². The number of aliphatic hydroxyl groups is 3. The van der Waals surface area contributed by atoms with E-state index in [9.17, 15) is 10.2 Å². The van der Waals surface area contributed by atoms with Gasteiger partial charge in [0.25, 0.3) is 0 Å². The van der Waals surface area contributed by atoms with E-state index in [0.29, 0.717) is 0 Å². The predicted molar refractivity (Wildman–Crippen MR) is 54.0 cm³/mol. The smallest absolute Gasteiger partial charge is 0.142 e. The lowest BCUT2D eigenvalue weighted by atomic mass is 10.0. The first-order valence-corrected chi connectivity index (χ1v) is 5.11. The highest BCUT2D eigenvalue weighted by atomic mass is 16.3. The van der Waals surface area contributed by atoms with Crippen LogP contribution in [0.5, 0.6) is 0 Å². The van der Waals surface area contributed by atoms with E-state index in [-0.39, 0.29) is 18.7 Å². The zero-order valence-electron chi connectivity index (χ0n) is 8.32. The van der Waals surface area contributed by atoms with Crippen LogP contribution in [0, 0.1) is 0 Å². The second-order valence-electron chi connectivity index (χ2n) is 3.96. The minimum Gasteiger partial charge on any atom is -0.390 e. The predicted octanol–water partition coefficient (Wildman–Crippen LogP) is -1.61. The van der Waals surface area contributed by atoms with Crippen LogP contribution >= 0.6 is 0 Å². The SMILES string of the molecule is OC[C@@H]1[NH2+][C@H](c2ccccc2)[C@@H](O)[C@@H]1O. The number of hydrogen-bond acceptors (Lipinski definition) is 3. The van der Waals surface area contributed by atoms with Crippen LogP contribution in [0.3, 0.4) is 0 Å². The lowest BCUT2D eigenvalue weighted by Crippen LogP contribution is -2.89. The minimum atomic E-state index is -0.861. The summed E-state index contributed by atoms with van der Waals surface area (Å²) in [4.78, 5) is 0. The average Bonchev–Trinajstić information content (AvgIpc) is 2.57. The van der Waals surface area contributed by atoms with Crippen molar-refractivity contribution in [3.05, 3.63) is 35.9 Å².